The zero-order valence-electron chi connectivity index (χ0n) is 10.9. The highest BCUT2D eigenvalue weighted by Gasteiger charge is 2.35. The van der Waals surface area contributed by atoms with Crippen LogP contribution in [0.1, 0.15) is 19.8 Å². The molecule has 0 bridgehead atoms. The molecule has 5 nitrogen and oxygen atoms in total. The predicted octanol–water partition coefficient (Wildman–Crippen LogP) is 2.83. The Labute approximate surface area is 114 Å². The second kappa shape index (κ2) is 5.52. The SMILES string of the molecule is CC1CCC(CF)C(=O)N1c1cc([N+](=O)[O-])ccc1F. The summed E-state index contributed by atoms with van der Waals surface area (Å²) < 4.78 is 26.7. The van der Waals surface area contributed by atoms with Crippen LogP contribution in [0.15, 0.2) is 18.2 Å². The molecule has 0 N–H and O–H groups in total. The number of carbonyl (C=O) groups is 1. The first-order chi connectivity index (χ1) is 9.45. The molecule has 0 spiro atoms. The van der Waals surface area contributed by atoms with E-state index in [2.05, 4.69) is 0 Å². The van der Waals surface area contributed by atoms with Crippen molar-refractivity contribution in [3.8, 4) is 0 Å². The van der Waals surface area contributed by atoms with Gasteiger partial charge in [-0.25, -0.2) is 4.39 Å². The summed E-state index contributed by atoms with van der Waals surface area (Å²) in [7, 11) is 0. The van der Waals surface area contributed by atoms with E-state index in [1.54, 1.807) is 6.92 Å². The summed E-state index contributed by atoms with van der Waals surface area (Å²) in [4.78, 5) is 23.4. The Morgan fingerprint density at radius 1 is 1.45 bits per heavy atom. The first-order valence-electron chi connectivity index (χ1n) is 6.28. The van der Waals surface area contributed by atoms with E-state index in [1.165, 1.54) is 0 Å². The van der Waals surface area contributed by atoms with Crippen molar-refractivity contribution in [2.75, 3.05) is 11.6 Å². The van der Waals surface area contributed by atoms with E-state index >= 15 is 0 Å². The molecule has 1 aromatic rings. The standard InChI is InChI=1S/C13H14F2N2O3/c1-8-2-3-9(7-14)13(18)16(8)12-6-10(17(19)20)4-5-11(12)15/h4-6,8-9H,2-3,7H2,1H3. The lowest BCUT2D eigenvalue weighted by atomic mass is 9.93. The number of benzene rings is 1. The lowest BCUT2D eigenvalue weighted by Gasteiger charge is -2.36. The largest absolute Gasteiger partial charge is 0.306 e. The third-order valence-corrected chi connectivity index (χ3v) is 3.55. The lowest BCUT2D eigenvalue weighted by Crippen LogP contribution is -2.47. The van der Waals surface area contributed by atoms with Crippen LogP contribution in [0.25, 0.3) is 0 Å². The van der Waals surface area contributed by atoms with Gasteiger partial charge in [-0.3, -0.25) is 19.3 Å². The van der Waals surface area contributed by atoms with E-state index in [0.29, 0.717) is 12.8 Å². The molecule has 2 unspecified atom stereocenters. The van der Waals surface area contributed by atoms with Gasteiger partial charge in [-0.2, -0.15) is 0 Å². The molecule has 1 fully saturated rings. The van der Waals surface area contributed by atoms with Crippen molar-refractivity contribution in [1.29, 1.82) is 0 Å². The number of nitro groups is 1. The second-order valence-electron chi connectivity index (χ2n) is 4.88. The molecule has 1 aliphatic heterocycles. The first-order valence-corrected chi connectivity index (χ1v) is 6.28. The fourth-order valence-electron chi connectivity index (χ4n) is 2.41. The van der Waals surface area contributed by atoms with E-state index in [4.69, 9.17) is 0 Å². The minimum absolute atomic E-state index is 0.158. The number of nitrogens with zero attached hydrogens (tertiary/aromatic N) is 2. The number of halogens is 2. The third kappa shape index (κ3) is 2.48. The average molecular weight is 284 g/mol. The Balaban J connectivity index is 2.44. The van der Waals surface area contributed by atoms with Gasteiger partial charge in [0.05, 0.1) is 16.5 Å². The summed E-state index contributed by atoms with van der Waals surface area (Å²) in [5, 5.41) is 10.8. The Kier molecular flexibility index (Phi) is 3.96. The third-order valence-electron chi connectivity index (χ3n) is 3.55. The molecule has 1 aliphatic rings. The summed E-state index contributed by atoms with van der Waals surface area (Å²) in [6, 6.07) is 2.68. The summed E-state index contributed by atoms with van der Waals surface area (Å²) in [5.74, 6) is -2.05. The van der Waals surface area contributed by atoms with Crippen molar-refractivity contribution >= 4 is 17.3 Å². The number of alkyl halides is 1. The van der Waals surface area contributed by atoms with Crippen molar-refractivity contribution in [3.05, 3.63) is 34.1 Å². The number of hydrogen-bond donors (Lipinski definition) is 0. The molecule has 0 radical (unpaired) electrons. The predicted molar refractivity (Wildman–Crippen MR) is 68.7 cm³/mol. The van der Waals surface area contributed by atoms with Gasteiger partial charge in [-0.05, 0) is 25.8 Å². The maximum absolute atomic E-state index is 13.9. The van der Waals surface area contributed by atoms with Crippen LogP contribution in [-0.2, 0) is 4.79 Å². The van der Waals surface area contributed by atoms with Crippen LogP contribution in [0.4, 0.5) is 20.2 Å². The van der Waals surface area contributed by atoms with Crippen LogP contribution in [0.3, 0.4) is 0 Å². The highest BCUT2D eigenvalue weighted by Crippen LogP contribution is 2.33. The van der Waals surface area contributed by atoms with Gasteiger partial charge < -0.3 is 4.90 Å². The molecule has 20 heavy (non-hydrogen) atoms. The van der Waals surface area contributed by atoms with Crippen LogP contribution in [-0.4, -0.2) is 23.5 Å². The lowest BCUT2D eigenvalue weighted by molar-refractivity contribution is -0.384. The Morgan fingerprint density at radius 2 is 2.15 bits per heavy atom. The van der Waals surface area contributed by atoms with Gasteiger partial charge in [0.1, 0.15) is 12.5 Å². The molecule has 0 aliphatic carbocycles. The first kappa shape index (κ1) is 14.4. The molecule has 0 saturated carbocycles. The number of rotatable bonds is 3. The van der Waals surface area contributed by atoms with Crippen molar-refractivity contribution in [2.45, 2.75) is 25.8 Å². The molecule has 1 saturated heterocycles. The van der Waals surface area contributed by atoms with Gasteiger partial charge >= 0.3 is 0 Å². The summed E-state index contributed by atoms with van der Waals surface area (Å²) in [6.45, 7) is 0.906. The molecule has 1 heterocycles. The minimum atomic E-state index is -0.807. The van der Waals surface area contributed by atoms with E-state index in [9.17, 15) is 23.7 Å². The molecule has 108 valence electrons. The monoisotopic (exact) mass is 284 g/mol. The molecule has 2 atom stereocenters. The summed E-state index contributed by atoms with van der Waals surface area (Å²) in [6.07, 6.45) is 0.937. The smallest absolute Gasteiger partial charge is 0.271 e. The molecular weight excluding hydrogens is 270 g/mol. The van der Waals surface area contributed by atoms with Gasteiger partial charge in [0.25, 0.3) is 5.69 Å². The number of carbonyl (C=O) groups excluding carboxylic acids is 1. The van der Waals surface area contributed by atoms with Crippen LogP contribution >= 0.6 is 0 Å². The molecule has 0 aromatic heterocycles. The van der Waals surface area contributed by atoms with E-state index in [0.717, 1.165) is 23.1 Å². The maximum Gasteiger partial charge on any atom is 0.271 e. The van der Waals surface area contributed by atoms with Crippen molar-refractivity contribution in [3.63, 3.8) is 0 Å². The number of amides is 1. The minimum Gasteiger partial charge on any atom is -0.306 e. The number of piperidine rings is 1. The normalized spacial score (nSPS) is 22.9. The van der Waals surface area contributed by atoms with Gasteiger partial charge in [0.2, 0.25) is 5.91 Å². The molecule has 7 heteroatoms. The van der Waals surface area contributed by atoms with Crippen LogP contribution in [0, 0.1) is 21.8 Å². The van der Waals surface area contributed by atoms with E-state index < -0.39 is 29.2 Å². The van der Waals surface area contributed by atoms with Crippen LogP contribution in [0.5, 0.6) is 0 Å². The molecule has 1 aromatic carbocycles. The van der Waals surface area contributed by atoms with E-state index in [1.807, 2.05) is 0 Å². The topological polar surface area (TPSA) is 63.5 Å². The van der Waals surface area contributed by atoms with E-state index in [-0.39, 0.29) is 17.4 Å². The number of hydrogen-bond acceptors (Lipinski definition) is 3. The Bertz CT molecular complexity index is 550. The molecular formula is C13H14F2N2O3. The van der Waals surface area contributed by atoms with Gasteiger partial charge in [-0.1, -0.05) is 0 Å². The zero-order chi connectivity index (χ0) is 14.9. The van der Waals surface area contributed by atoms with Crippen LogP contribution in [0.2, 0.25) is 0 Å². The Morgan fingerprint density at radius 3 is 2.75 bits per heavy atom. The quantitative estimate of drug-likeness (QED) is 0.633. The summed E-state index contributed by atoms with van der Waals surface area (Å²) in [5.41, 5.74) is -0.460. The van der Waals surface area contributed by atoms with Gasteiger partial charge in [0, 0.05) is 18.2 Å². The second-order valence-corrected chi connectivity index (χ2v) is 4.88. The highest BCUT2D eigenvalue weighted by molar-refractivity contribution is 5.96. The van der Waals surface area contributed by atoms with Gasteiger partial charge in [0.15, 0.2) is 0 Å². The van der Waals surface area contributed by atoms with Crippen LogP contribution < -0.4 is 4.90 Å². The Hall–Kier alpha value is -2.05. The van der Waals surface area contributed by atoms with Crippen molar-refractivity contribution < 1.29 is 18.5 Å². The average Bonchev–Trinajstić information content (AvgIpc) is 2.40. The highest BCUT2D eigenvalue weighted by atomic mass is 19.1. The number of nitro benzene ring substituents is 1. The zero-order valence-corrected chi connectivity index (χ0v) is 10.9. The number of non-ortho nitro benzene ring substituents is 1. The summed E-state index contributed by atoms with van der Waals surface area (Å²) >= 11 is 0. The fraction of sp³-hybridized carbons (Fsp3) is 0.462. The number of anilines is 1. The maximum atomic E-state index is 13.9. The van der Waals surface area contributed by atoms with Crippen molar-refractivity contribution in [1.82, 2.24) is 0 Å². The van der Waals surface area contributed by atoms with Crippen molar-refractivity contribution in [2.24, 2.45) is 5.92 Å². The molecule has 1 amide bonds. The fourth-order valence-corrected chi connectivity index (χ4v) is 2.41. The van der Waals surface area contributed by atoms with Gasteiger partial charge in [-0.15, -0.1) is 0 Å². The molecule has 2 rings (SSSR count).